The molecule has 1 aliphatic rings. The molecule has 4 heteroatoms. The summed E-state index contributed by atoms with van der Waals surface area (Å²) in [5, 5.41) is 3.18. The van der Waals surface area contributed by atoms with Crippen LogP contribution in [0.1, 0.15) is 21.5 Å². The molecule has 0 saturated heterocycles. The minimum absolute atomic E-state index is 0.185. The molecule has 3 aromatic rings. The minimum Gasteiger partial charge on any atom is -0.351 e. The zero-order valence-electron chi connectivity index (χ0n) is 14.9. The first-order chi connectivity index (χ1) is 13.6. The second-order valence-corrected chi connectivity index (χ2v) is 7.28. The molecule has 1 heterocycles. The van der Waals surface area contributed by atoms with Gasteiger partial charge in [0, 0.05) is 16.1 Å². The number of carbonyl (C=O) groups is 2. The molecule has 1 N–H and O–H groups in total. The molecule has 0 spiro atoms. The van der Waals surface area contributed by atoms with E-state index in [1.807, 2.05) is 60.7 Å². The molecule has 1 aliphatic heterocycles. The number of nitrogens with one attached hydrogen (secondary N) is 1. The Morgan fingerprint density at radius 2 is 1.36 bits per heavy atom. The molecule has 28 heavy (non-hydrogen) atoms. The van der Waals surface area contributed by atoms with Crippen molar-refractivity contribution in [1.82, 2.24) is 5.32 Å². The summed E-state index contributed by atoms with van der Waals surface area (Å²) in [7, 11) is 0. The van der Waals surface area contributed by atoms with Crippen LogP contribution in [0.5, 0.6) is 0 Å². The maximum Gasteiger partial charge on any atom is 0.212 e. The van der Waals surface area contributed by atoms with Crippen molar-refractivity contribution in [3.8, 4) is 0 Å². The number of halogens is 1. The molecule has 4 rings (SSSR count). The van der Waals surface area contributed by atoms with E-state index in [4.69, 9.17) is 0 Å². The summed E-state index contributed by atoms with van der Waals surface area (Å²) in [4.78, 5) is 25.8. The van der Waals surface area contributed by atoms with Gasteiger partial charge in [-0.3, -0.25) is 9.59 Å². The lowest BCUT2D eigenvalue weighted by Crippen LogP contribution is -2.12. The molecule has 0 aliphatic carbocycles. The van der Waals surface area contributed by atoms with Gasteiger partial charge in [0.05, 0.1) is 17.0 Å². The van der Waals surface area contributed by atoms with Crippen molar-refractivity contribution in [3.63, 3.8) is 0 Å². The van der Waals surface area contributed by atoms with Gasteiger partial charge in [-0.25, -0.2) is 0 Å². The second kappa shape index (κ2) is 7.79. The van der Waals surface area contributed by atoms with Crippen molar-refractivity contribution in [2.24, 2.45) is 0 Å². The molecule has 0 saturated carbocycles. The van der Waals surface area contributed by atoms with Gasteiger partial charge < -0.3 is 5.32 Å². The number of hydrogen-bond acceptors (Lipinski definition) is 3. The first-order valence-corrected chi connectivity index (χ1v) is 9.61. The quantitative estimate of drug-likeness (QED) is 0.454. The van der Waals surface area contributed by atoms with E-state index in [-0.39, 0.29) is 17.3 Å². The Labute approximate surface area is 171 Å². The Bertz CT molecular complexity index is 1100. The van der Waals surface area contributed by atoms with Crippen molar-refractivity contribution in [2.45, 2.75) is 0 Å². The van der Waals surface area contributed by atoms with Crippen LogP contribution in [0.15, 0.2) is 101 Å². The van der Waals surface area contributed by atoms with Gasteiger partial charge >= 0.3 is 0 Å². The topological polar surface area (TPSA) is 46.2 Å². The van der Waals surface area contributed by atoms with Crippen LogP contribution in [0, 0.1) is 0 Å². The van der Waals surface area contributed by atoms with E-state index >= 15 is 0 Å². The summed E-state index contributed by atoms with van der Waals surface area (Å²) >= 11 is 3.36. The lowest BCUT2D eigenvalue weighted by atomic mass is 9.98. The Morgan fingerprint density at radius 1 is 0.786 bits per heavy atom. The van der Waals surface area contributed by atoms with E-state index in [9.17, 15) is 9.59 Å². The molecule has 0 atom stereocenters. The number of benzene rings is 3. The highest BCUT2D eigenvalue weighted by atomic mass is 79.9. The first kappa shape index (κ1) is 18.1. The van der Waals surface area contributed by atoms with E-state index in [0.29, 0.717) is 16.8 Å². The summed E-state index contributed by atoms with van der Waals surface area (Å²) in [5.74, 6) is -0.402. The van der Waals surface area contributed by atoms with E-state index < -0.39 is 0 Å². The van der Waals surface area contributed by atoms with E-state index in [2.05, 4.69) is 21.2 Å². The van der Waals surface area contributed by atoms with Gasteiger partial charge in [0.25, 0.3) is 0 Å². The summed E-state index contributed by atoms with van der Waals surface area (Å²) < 4.78 is 0.895. The van der Waals surface area contributed by atoms with Crippen LogP contribution >= 0.6 is 15.9 Å². The van der Waals surface area contributed by atoms with Crippen molar-refractivity contribution >= 4 is 38.8 Å². The van der Waals surface area contributed by atoms with Crippen molar-refractivity contribution in [2.75, 3.05) is 0 Å². The van der Waals surface area contributed by atoms with Crippen LogP contribution in [0.2, 0.25) is 0 Å². The lowest BCUT2D eigenvalue weighted by molar-refractivity contribution is -0.110. The van der Waals surface area contributed by atoms with Crippen molar-refractivity contribution in [1.29, 1.82) is 0 Å². The average molecular weight is 430 g/mol. The molecule has 0 amide bonds. The van der Waals surface area contributed by atoms with Gasteiger partial charge in [0.2, 0.25) is 5.78 Å². The summed E-state index contributed by atoms with van der Waals surface area (Å²) in [6.45, 7) is 0. The summed E-state index contributed by atoms with van der Waals surface area (Å²) in [5.41, 5.74) is 3.81. The van der Waals surface area contributed by atoms with E-state index in [1.54, 1.807) is 24.3 Å². The van der Waals surface area contributed by atoms with Gasteiger partial charge in [0.1, 0.15) is 0 Å². The third-order valence-corrected chi connectivity index (χ3v) is 5.04. The van der Waals surface area contributed by atoms with Crippen LogP contribution in [-0.2, 0) is 4.79 Å². The predicted octanol–water partition coefficient (Wildman–Crippen LogP) is 5.26. The number of Topliss-reactive ketones (excluding diaryl/α,β-unsaturated/α-hetero) is 1. The molecule has 136 valence electrons. The molecule has 3 aromatic carbocycles. The fourth-order valence-electron chi connectivity index (χ4n) is 3.13. The highest BCUT2D eigenvalue weighted by Crippen LogP contribution is 2.33. The molecule has 0 fully saturated rings. The fourth-order valence-corrected chi connectivity index (χ4v) is 3.40. The van der Waals surface area contributed by atoms with Crippen molar-refractivity contribution < 1.29 is 9.59 Å². The lowest BCUT2D eigenvalue weighted by Gasteiger charge is -2.06. The van der Waals surface area contributed by atoms with Crippen molar-refractivity contribution in [3.05, 3.63) is 118 Å². The van der Waals surface area contributed by atoms with E-state index in [1.165, 1.54) is 6.08 Å². The van der Waals surface area contributed by atoms with Gasteiger partial charge in [-0.15, -0.1) is 0 Å². The Morgan fingerprint density at radius 3 is 1.96 bits per heavy atom. The number of allylic oxidation sites excluding steroid dienone is 2. The Kier molecular flexibility index (Phi) is 5.04. The maximum atomic E-state index is 13.2. The van der Waals surface area contributed by atoms with Crippen LogP contribution in [-0.4, -0.2) is 11.6 Å². The second-order valence-electron chi connectivity index (χ2n) is 6.37. The van der Waals surface area contributed by atoms with Crippen LogP contribution in [0.3, 0.4) is 0 Å². The monoisotopic (exact) mass is 429 g/mol. The van der Waals surface area contributed by atoms with Gasteiger partial charge in [0.15, 0.2) is 5.78 Å². The summed E-state index contributed by atoms with van der Waals surface area (Å²) in [6.07, 6.45) is 1.38. The highest BCUT2D eigenvalue weighted by molar-refractivity contribution is 9.10. The summed E-state index contributed by atoms with van der Waals surface area (Å²) in [6, 6.07) is 26.2. The Balaban J connectivity index is 1.75. The largest absolute Gasteiger partial charge is 0.351 e. The third kappa shape index (κ3) is 3.59. The molecule has 0 unspecified atom stereocenters. The zero-order valence-corrected chi connectivity index (χ0v) is 16.4. The predicted molar refractivity (Wildman–Crippen MR) is 114 cm³/mol. The molecule has 0 bridgehead atoms. The van der Waals surface area contributed by atoms with Gasteiger partial charge in [-0.1, -0.05) is 76.6 Å². The smallest absolute Gasteiger partial charge is 0.212 e. The highest BCUT2D eigenvalue weighted by Gasteiger charge is 2.30. The maximum absolute atomic E-state index is 13.2. The number of ketones is 2. The average Bonchev–Trinajstić information content (AvgIpc) is 3.06. The normalized spacial score (nSPS) is 15.0. The van der Waals surface area contributed by atoms with Crippen LogP contribution in [0.25, 0.3) is 11.3 Å². The molecule has 3 nitrogen and oxygen atoms in total. The molecule has 0 aromatic heterocycles. The standard InChI is InChI=1S/C24H16BrNO2/c25-19-13-11-16(12-14-19)21(27)15-20-24(28)22(17-7-3-1-4-8-17)23(26-20)18-9-5-2-6-10-18/h1-15,26H/b20-15-. The minimum atomic E-state index is -0.218. The van der Waals surface area contributed by atoms with E-state index in [0.717, 1.165) is 15.6 Å². The first-order valence-electron chi connectivity index (χ1n) is 8.82. The molecular formula is C24H16BrNO2. The zero-order chi connectivity index (χ0) is 19.5. The SMILES string of the molecule is O=C1C(c2ccccc2)=C(c2ccccc2)N/C1=C\C(=O)c1ccc(Br)cc1. The number of hydrogen-bond donors (Lipinski definition) is 1. The molecule has 0 radical (unpaired) electrons. The fraction of sp³-hybridized carbons (Fsp3) is 0. The van der Waals surface area contributed by atoms with Gasteiger partial charge in [-0.05, 0) is 35.4 Å². The Hall–Kier alpha value is -3.24. The number of rotatable bonds is 4. The number of carbonyl (C=O) groups excluding carboxylic acids is 2. The van der Waals surface area contributed by atoms with Crippen LogP contribution in [0.4, 0.5) is 0 Å². The molecular weight excluding hydrogens is 414 g/mol. The third-order valence-electron chi connectivity index (χ3n) is 4.51. The van der Waals surface area contributed by atoms with Gasteiger partial charge in [-0.2, -0.15) is 0 Å². The van der Waals surface area contributed by atoms with Crippen LogP contribution < -0.4 is 5.32 Å².